The third-order valence-corrected chi connectivity index (χ3v) is 4.78. The van der Waals surface area contributed by atoms with Gasteiger partial charge in [-0.2, -0.15) is 0 Å². The first-order valence-electron chi connectivity index (χ1n) is 9.59. The SMILES string of the molecule is N=C(N)c1c(-c2ccc(Oc3ccccc3)cc2)cc(-c2cccc(C=O)c2)nc1N. The molecule has 0 unspecified atom stereocenters. The van der Waals surface area contributed by atoms with Crippen molar-refractivity contribution in [3.05, 3.63) is 96.1 Å². The van der Waals surface area contributed by atoms with Crippen LogP contribution in [0.15, 0.2) is 84.9 Å². The molecule has 6 nitrogen and oxygen atoms in total. The zero-order chi connectivity index (χ0) is 21.8. The Morgan fingerprint density at radius 2 is 1.58 bits per heavy atom. The average Bonchev–Trinajstić information content (AvgIpc) is 2.79. The van der Waals surface area contributed by atoms with Gasteiger partial charge in [0.15, 0.2) is 0 Å². The number of nitrogens with one attached hydrogen (secondary N) is 1. The maximum Gasteiger partial charge on any atom is 0.150 e. The Morgan fingerprint density at radius 3 is 2.26 bits per heavy atom. The van der Waals surface area contributed by atoms with Gasteiger partial charge in [0, 0.05) is 11.1 Å². The summed E-state index contributed by atoms with van der Waals surface area (Å²) in [5.74, 6) is 1.41. The molecule has 4 rings (SSSR count). The number of nitrogens with two attached hydrogens (primary N) is 2. The largest absolute Gasteiger partial charge is 0.457 e. The Kier molecular flexibility index (Phi) is 5.45. The number of benzene rings is 3. The van der Waals surface area contributed by atoms with Crippen LogP contribution in [0.2, 0.25) is 0 Å². The van der Waals surface area contributed by atoms with Crippen LogP contribution in [0.25, 0.3) is 22.4 Å². The molecule has 6 heteroatoms. The van der Waals surface area contributed by atoms with Gasteiger partial charge in [0.05, 0.1) is 11.3 Å². The van der Waals surface area contributed by atoms with Crippen molar-refractivity contribution in [2.75, 3.05) is 5.73 Å². The van der Waals surface area contributed by atoms with E-state index < -0.39 is 0 Å². The predicted octanol–water partition coefficient (Wildman–Crippen LogP) is 4.89. The van der Waals surface area contributed by atoms with Crippen LogP contribution in [0.5, 0.6) is 11.5 Å². The van der Waals surface area contributed by atoms with E-state index in [9.17, 15) is 4.79 Å². The molecule has 0 aliphatic carbocycles. The summed E-state index contributed by atoms with van der Waals surface area (Å²) in [5, 5.41) is 7.98. The number of nitrogens with zero attached hydrogens (tertiary/aromatic N) is 1. The van der Waals surface area contributed by atoms with Crippen LogP contribution in [0.3, 0.4) is 0 Å². The van der Waals surface area contributed by atoms with Gasteiger partial charge < -0.3 is 16.2 Å². The molecule has 0 fully saturated rings. The van der Waals surface area contributed by atoms with Crippen LogP contribution in [-0.4, -0.2) is 17.1 Å². The zero-order valence-corrected chi connectivity index (χ0v) is 16.6. The molecule has 4 aromatic rings. The Balaban J connectivity index is 1.76. The first-order chi connectivity index (χ1) is 15.0. The van der Waals surface area contributed by atoms with Crippen molar-refractivity contribution in [3.63, 3.8) is 0 Å². The normalized spacial score (nSPS) is 10.5. The van der Waals surface area contributed by atoms with Crippen LogP contribution >= 0.6 is 0 Å². The number of hydrogen-bond donors (Lipinski definition) is 3. The van der Waals surface area contributed by atoms with Gasteiger partial charge in [-0.05, 0) is 47.5 Å². The molecular formula is C25H20N4O2. The van der Waals surface area contributed by atoms with Crippen LogP contribution in [0, 0.1) is 5.41 Å². The number of amidine groups is 1. The molecule has 5 N–H and O–H groups in total. The maximum atomic E-state index is 11.2. The molecule has 0 aliphatic heterocycles. The lowest BCUT2D eigenvalue weighted by Crippen LogP contribution is -2.16. The second-order valence-corrected chi connectivity index (χ2v) is 6.91. The van der Waals surface area contributed by atoms with Gasteiger partial charge in [0.2, 0.25) is 0 Å². The summed E-state index contributed by atoms with van der Waals surface area (Å²) in [7, 11) is 0. The van der Waals surface area contributed by atoms with Gasteiger partial charge in [-0.3, -0.25) is 10.2 Å². The number of aromatic nitrogens is 1. The molecule has 0 aliphatic rings. The van der Waals surface area contributed by atoms with Crippen LogP contribution in [0.1, 0.15) is 15.9 Å². The topological polar surface area (TPSA) is 115 Å². The minimum absolute atomic E-state index is 0.154. The fourth-order valence-electron chi connectivity index (χ4n) is 3.32. The number of anilines is 1. The van der Waals surface area contributed by atoms with Crippen molar-refractivity contribution in [2.45, 2.75) is 0 Å². The lowest BCUT2D eigenvalue weighted by Gasteiger charge is -2.14. The third-order valence-electron chi connectivity index (χ3n) is 4.78. The number of ether oxygens (including phenoxy) is 1. The molecule has 0 amide bonds. The lowest BCUT2D eigenvalue weighted by atomic mass is 9.97. The highest BCUT2D eigenvalue weighted by Gasteiger charge is 2.16. The Hall–Kier alpha value is -4.45. The lowest BCUT2D eigenvalue weighted by molar-refractivity contribution is 0.112. The van der Waals surface area contributed by atoms with Gasteiger partial charge in [-0.15, -0.1) is 0 Å². The van der Waals surface area contributed by atoms with E-state index in [2.05, 4.69) is 4.98 Å². The summed E-state index contributed by atoms with van der Waals surface area (Å²) < 4.78 is 5.85. The van der Waals surface area contributed by atoms with E-state index in [0.29, 0.717) is 28.1 Å². The first kappa shape index (κ1) is 19.8. The second kappa shape index (κ2) is 8.51. The highest BCUT2D eigenvalue weighted by atomic mass is 16.5. The minimum Gasteiger partial charge on any atom is -0.457 e. The smallest absolute Gasteiger partial charge is 0.150 e. The molecule has 0 saturated heterocycles. The van der Waals surface area contributed by atoms with Crippen molar-refractivity contribution in [1.29, 1.82) is 5.41 Å². The average molecular weight is 408 g/mol. The third kappa shape index (κ3) is 4.28. The van der Waals surface area contributed by atoms with Gasteiger partial charge in [-0.1, -0.05) is 48.5 Å². The molecule has 0 spiro atoms. The zero-order valence-electron chi connectivity index (χ0n) is 16.6. The number of aldehydes is 1. The molecular weight excluding hydrogens is 388 g/mol. The summed E-state index contributed by atoms with van der Waals surface area (Å²) >= 11 is 0. The van der Waals surface area contributed by atoms with Gasteiger partial charge in [0.25, 0.3) is 0 Å². The van der Waals surface area contributed by atoms with Gasteiger partial charge in [0.1, 0.15) is 29.4 Å². The van der Waals surface area contributed by atoms with Crippen molar-refractivity contribution in [2.24, 2.45) is 5.73 Å². The first-order valence-corrected chi connectivity index (χ1v) is 9.59. The fourth-order valence-corrected chi connectivity index (χ4v) is 3.32. The van der Waals surface area contributed by atoms with E-state index >= 15 is 0 Å². The van der Waals surface area contributed by atoms with E-state index in [1.807, 2.05) is 66.7 Å². The number of rotatable bonds is 6. The molecule has 1 aromatic heterocycles. The summed E-state index contributed by atoms with van der Waals surface area (Å²) in [5.41, 5.74) is 15.7. The summed E-state index contributed by atoms with van der Waals surface area (Å²) in [6, 6.07) is 25.9. The second-order valence-electron chi connectivity index (χ2n) is 6.91. The van der Waals surface area contributed by atoms with Gasteiger partial charge in [-0.25, -0.2) is 4.98 Å². The molecule has 31 heavy (non-hydrogen) atoms. The Morgan fingerprint density at radius 1 is 0.871 bits per heavy atom. The summed E-state index contributed by atoms with van der Waals surface area (Å²) in [6.45, 7) is 0. The number of hydrogen-bond acceptors (Lipinski definition) is 5. The van der Waals surface area contributed by atoms with Crippen molar-refractivity contribution < 1.29 is 9.53 Å². The van der Waals surface area contributed by atoms with E-state index in [1.54, 1.807) is 18.2 Å². The number of para-hydroxylation sites is 1. The van der Waals surface area contributed by atoms with Gasteiger partial charge >= 0.3 is 0 Å². The Bertz CT molecular complexity index is 1250. The molecule has 0 radical (unpaired) electrons. The van der Waals surface area contributed by atoms with E-state index in [4.69, 9.17) is 21.6 Å². The van der Waals surface area contributed by atoms with Crippen LogP contribution in [0.4, 0.5) is 5.82 Å². The monoisotopic (exact) mass is 408 g/mol. The molecule has 152 valence electrons. The quantitative estimate of drug-likeness (QED) is 0.239. The molecule has 0 atom stereocenters. The predicted molar refractivity (Wildman–Crippen MR) is 122 cm³/mol. The minimum atomic E-state index is -0.169. The van der Waals surface area contributed by atoms with Crippen molar-refractivity contribution >= 4 is 17.9 Å². The molecule has 0 bridgehead atoms. The summed E-state index contributed by atoms with van der Waals surface area (Å²) in [6.07, 6.45) is 0.781. The number of carbonyl (C=O) groups excluding carboxylic acids is 1. The standard InChI is InChI=1S/C25H20N4O2/c26-24(27)23-21(14-22(29-25(23)28)18-6-4-5-16(13-18)15-30)17-9-11-20(12-10-17)31-19-7-2-1-3-8-19/h1-15H,(H3,26,27)(H2,28,29). The maximum absolute atomic E-state index is 11.2. The van der Waals surface area contributed by atoms with Crippen LogP contribution < -0.4 is 16.2 Å². The number of carbonyl (C=O) groups is 1. The van der Waals surface area contributed by atoms with E-state index in [-0.39, 0.29) is 11.7 Å². The molecule has 0 saturated carbocycles. The van der Waals surface area contributed by atoms with E-state index in [1.165, 1.54) is 0 Å². The van der Waals surface area contributed by atoms with Crippen molar-refractivity contribution in [3.8, 4) is 33.9 Å². The highest BCUT2D eigenvalue weighted by molar-refractivity contribution is 6.06. The van der Waals surface area contributed by atoms with Crippen molar-refractivity contribution in [1.82, 2.24) is 4.98 Å². The molecule has 1 heterocycles. The highest BCUT2D eigenvalue weighted by Crippen LogP contribution is 2.33. The number of pyridine rings is 1. The van der Waals surface area contributed by atoms with Crippen LogP contribution in [-0.2, 0) is 0 Å². The van der Waals surface area contributed by atoms with E-state index in [0.717, 1.165) is 23.2 Å². The number of nitrogen functional groups attached to an aromatic ring is 2. The summed E-state index contributed by atoms with van der Waals surface area (Å²) in [4.78, 5) is 15.6. The molecule has 3 aromatic carbocycles. The Labute approximate surface area is 179 Å². The fraction of sp³-hybridized carbons (Fsp3) is 0.